The van der Waals surface area contributed by atoms with Crippen molar-refractivity contribution in [2.75, 3.05) is 11.9 Å². The molecule has 0 spiro atoms. The van der Waals surface area contributed by atoms with Gasteiger partial charge in [0.1, 0.15) is 10.8 Å². The summed E-state index contributed by atoms with van der Waals surface area (Å²) in [6.45, 7) is 3.41. The van der Waals surface area contributed by atoms with E-state index in [2.05, 4.69) is 5.32 Å². The van der Waals surface area contributed by atoms with Gasteiger partial charge in [0.2, 0.25) is 0 Å². The number of carbonyl (C=O) groups is 1. The summed E-state index contributed by atoms with van der Waals surface area (Å²) in [5.41, 5.74) is 1.79. The lowest BCUT2D eigenvalue weighted by atomic mass is 10.1. The molecule has 0 unspecified atom stereocenters. The molecule has 0 fully saturated rings. The van der Waals surface area contributed by atoms with E-state index in [1.54, 1.807) is 13.0 Å². The predicted octanol–water partition coefficient (Wildman–Crippen LogP) is 3.88. The second-order valence-corrected chi connectivity index (χ2v) is 5.44. The average Bonchev–Trinajstić information content (AvgIpc) is 2.48. The van der Waals surface area contributed by atoms with Gasteiger partial charge in [-0.1, -0.05) is 23.7 Å². The van der Waals surface area contributed by atoms with Crippen molar-refractivity contribution in [1.82, 2.24) is 0 Å². The standard InChI is InChI=1S/C16H15ClN2O4/c1-10-4-3-5-12(6-10)23-9-16(20)18-14-8-13(17)15(19(21)22)7-11(14)2/h3-8H,9H2,1-2H3,(H,18,20). The molecule has 1 N–H and O–H groups in total. The molecule has 0 radical (unpaired) electrons. The number of hydrogen-bond acceptors (Lipinski definition) is 4. The molecule has 2 rings (SSSR count). The molecule has 0 aliphatic heterocycles. The maximum Gasteiger partial charge on any atom is 0.288 e. The Morgan fingerprint density at radius 3 is 2.70 bits per heavy atom. The molecule has 0 atom stereocenters. The van der Waals surface area contributed by atoms with Crippen molar-refractivity contribution >= 4 is 28.9 Å². The molecule has 1 amide bonds. The fraction of sp³-hybridized carbons (Fsp3) is 0.188. The van der Waals surface area contributed by atoms with Crippen molar-refractivity contribution in [3.63, 3.8) is 0 Å². The van der Waals surface area contributed by atoms with Gasteiger partial charge in [-0.25, -0.2) is 0 Å². The van der Waals surface area contributed by atoms with Crippen molar-refractivity contribution in [1.29, 1.82) is 0 Å². The van der Waals surface area contributed by atoms with Crippen molar-refractivity contribution in [3.05, 3.63) is 62.7 Å². The second-order valence-electron chi connectivity index (χ2n) is 5.03. The molecule has 0 bridgehead atoms. The first-order valence-corrected chi connectivity index (χ1v) is 7.18. The van der Waals surface area contributed by atoms with Crippen molar-refractivity contribution in [2.45, 2.75) is 13.8 Å². The number of rotatable bonds is 5. The van der Waals surface area contributed by atoms with Crippen LogP contribution in [0.5, 0.6) is 5.75 Å². The van der Waals surface area contributed by atoms with Crippen LogP contribution < -0.4 is 10.1 Å². The minimum Gasteiger partial charge on any atom is -0.484 e. The van der Waals surface area contributed by atoms with E-state index in [4.69, 9.17) is 16.3 Å². The van der Waals surface area contributed by atoms with Crippen LogP contribution in [0.15, 0.2) is 36.4 Å². The lowest BCUT2D eigenvalue weighted by Gasteiger charge is -2.10. The molecule has 7 heteroatoms. The molecule has 2 aromatic rings. The number of aryl methyl sites for hydroxylation is 2. The Hall–Kier alpha value is -2.60. The Kier molecular flexibility index (Phi) is 5.18. The first-order valence-electron chi connectivity index (χ1n) is 6.80. The number of nitro groups is 1. The summed E-state index contributed by atoms with van der Waals surface area (Å²) in [6, 6.07) is 10.0. The molecular weight excluding hydrogens is 320 g/mol. The van der Waals surface area contributed by atoms with E-state index >= 15 is 0 Å². The summed E-state index contributed by atoms with van der Waals surface area (Å²) in [5, 5.41) is 13.4. The number of carbonyl (C=O) groups excluding carboxylic acids is 1. The first kappa shape index (κ1) is 16.8. The molecule has 6 nitrogen and oxygen atoms in total. The molecule has 0 aromatic heterocycles. The van der Waals surface area contributed by atoms with Gasteiger partial charge in [0.25, 0.3) is 11.6 Å². The fourth-order valence-corrected chi connectivity index (χ4v) is 2.21. The Morgan fingerprint density at radius 1 is 1.30 bits per heavy atom. The van der Waals surface area contributed by atoms with E-state index in [9.17, 15) is 14.9 Å². The third-order valence-corrected chi connectivity index (χ3v) is 3.43. The average molecular weight is 335 g/mol. The highest BCUT2D eigenvalue weighted by atomic mass is 35.5. The Labute approximate surface area is 138 Å². The summed E-state index contributed by atoms with van der Waals surface area (Å²) in [6.07, 6.45) is 0. The van der Waals surface area contributed by atoms with E-state index in [0.29, 0.717) is 17.0 Å². The molecule has 0 aliphatic rings. The number of benzene rings is 2. The minimum atomic E-state index is -0.568. The number of nitrogens with one attached hydrogen (secondary N) is 1. The number of amides is 1. The number of anilines is 1. The van der Waals surface area contributed by atoms with Gasteiger partial charge in [0.05, 0.1) is 4.92 Å². The predicted molar refractivity (Wildman–Crippen MR) is 88.1 cm³/mol. The number of nitrogens with zero attached hydrogens (tertiary/aromatic N) is 1. The highest BCUT2D eigenvalue weighted by Crippen LogP contribution is 2.30. The maximum atomic E-state index is 11.9. The topological polar surface area (TPSA) is 81.5 Å². The van der Waals surface area contributed by atoms with E-state index in [-0.39, 0.29) is 23.2 Å². The number of nitro benzene ring substituents is 1. The minimum absolute atomic E-state index is 0.0319. The van der Waals surface area contributed by atoms with Crippen LogP contribution in [-0.4, -0.2) is 17.4 Å². The van der Waals surface area contributed by atoms with E-state index in [1.165, 1.54) is 12.1 Å². The fourth-order valence-electron chi connectivity index (χ4n) is 1.98. The van der Waals surface area contributed by atoms with E-state index < -0.39 is 4.92 Å². The summed E-state index contributed by atoms with van der Waals surface area (Å²) < 4.78 is 5.40. The van der Waals surface area contributed by atoms with Gasteiger partial charge >= 0.3 is 0 Å². The zero-order valence-electron chi connectivity index (χ0n) is 12.6. The Bertz CT molecular complexity index is 762. The summed E-state index contributed by atoms with van der Waals surface area (Å²) >= 11 is 5.85. The van der Waals surface area contributed by atoms with Crippen molar-refractivity contribution in [3.8, 4) is 5.75 Å². The van der Waals surface area contributed by atoms with Gasteiger partial charge in [0.15, 0.2) is 6.61 Å². The van der Waals surface area contributed by atoms with Crippen molar-refractivity contribution < 1.29 is 14.5 Å². The van der Waals surface area contributed by atoms with Crippen LogP contribution >= 0.6 is 11.6 Å². The molecule has 23 heavy (non-hydrogen) atoms. The number of halogens is 1. The van der Waals surface area contributed by atoms with E-state index in [1.807, 2.05) is 25.1 Å². The van der Waals surface area contributed by atoms with Gasteiger partial charge in [-0.3, -0.25) is 14.9 Å². The van der Waals surface area contributed by atoms with Crippen LogP contribution in [-0.2, 0) is 4.79 Å². The maximum absolute atomic E-state index is 11.9. The molecule has 0 aliphatic carbocycles. The largest absolute Gasteiger partial charge is 0.484 e. The van der Waals surface area contributed by atoms with Gasteiger partial charge in [-0.05, 0) is 43.2 Å². The highest BCUT2D eigenvalue weighted by Gasteiger charge is 2.16. The zero-order chi connectivity index (χ0) is 17.0. The molecule has 0 saturated carbocycles. The Morgan fingerprint density at radius 2 is 2.04 bits per heavy atom. The van der Waals surface area contributed by atoms with Crippen LogP contribution in [0.25, 0.3) is 0 Å². The molecule has 0 saturated heterocycles. The summed E-state index contributed by atoms with van der Waals surface area (Å²) in [7, 11) is 0. The van der Waals surface area contributed by atoms with Crippen LogP contribution in [0.2, 0.25) is 5.02 Å². The van der Waals surface area contributed by atoms with Crippen LogP contribution in [0, 0.1) is 24.0 Å². The highest BCUT2D eigenvalue weighted by molar-refractivity contribution is 6.33. The van der Waals surface area contributed by atoms with Crippen LogP contribution in [0.3, 0.4) is 0 Å². The quantitative estimate of drug-likeness (QED) is 0.664. The first-order chi connectivity index (χ1) is 10.9. The summed E-state index contributed by atoms with van der Waals surface area (Å²) in [5.74, 6) is 0.220. The smallest absolute Gasteiger partial charge is 0.288 e. The number of hydrogen-bond donors (Lipinski definition) is 1. The van der Waals surface area contributed by atoms with Gasteiger partial charge in [0, 0.05) is 11.8 Å². The monoisotopic (exact) mass is 334 g/mol. The van der Waals surface area contributed by atoms with E-state index in [0.717, 1.165) is 5.56 Å². The lowest BCUT2D eigenvalue weighted by Crippen LogP contribution is -2.20. The van der Waals surface area contributed by atoms with Crippen LogP contribution in [0.1, 0.15) is 11.1 Å². The third kappa shape index (κ3) is 4.43. The summed E-state index contributed by atoms with van der Waals surface area (Å²) in [4.78, 5) is 22.2. The van der Waals surface area contributed by atoms with Crippen molar-refractivity contribution in [2.24, 2.45) is 0 Å². The van der Waals surface area contributed by atoms with Gasteiger partial charge in [-0.2, -0.15) is 0 Å². The van der Waals surface area contributed by atoms with Crippen LogP contribution in [0.4, 0.5) is 11.4 Å². The van der Waals surface area contributed by atoms with Gasteiger partial charge in [-0.15, -0.1) is 0 Å². The second kappa shape index (κ2) is 7.11. The van der Waals surface area contributed by atoms with Gasteiger partial charge < -0.3 is 10.1 Å². The lowest BCUT2D eigenvalue weighted by molar-refractivity contribution is -0.384. The SMILES string of the molecule is Cc1cccc(OCC(=O)Nc2cc(Cl)c([N+](=O)[O-])cc2C)c1. The molecule has 2 aromatic carbocycles. The molecule has 0 heterocycles. The normalized spacial score (nSPS) is 10.2. The number of ether oxygens (including phenoxy) is 1. The Balaban J connectivity index is 2.03. The molecule has 120 valence electrons. The third-order valence-electron chi connectivity index (χ3n) is 3.12. The molecular formula is C16H15ClN2O4. The zero-order valence-corrected chi connectivity index (χ0v) is 13.4.